The standard InChI is InChI=1S/C25H28N4S/c1-17-7-10-19(11-8-17)24-21(16-29(28-24)22-5-3-2-4-6-22)15-26-25(30)27-23-14-18-9-12-20(23)13-18/h2-8,10-11,16,18,20,23H,9,12-15H2,1H3,(H2,26,27,30)/t18-,20+,23-/m0/s1. The molecule has 1 aromatic heterocycles. The number of benzene rings is 2. The maximum absolute atomic E-state index is 5.63. The van der Waals surface area contributed by atoms with Gasteiger partial charge in [-0.05, 0) is 62.4 Å². The van der Waals surface area contributed by atoms with E-state index >= 15 is 0 Å². The van der Waals surface area contributed by atoms with Gasteiger partial charge in [0.25, 0.3) is 0 Å². The van der Waals surface area contributed by atoms with E-state index in [1.54, 1.807) is 0 Å². The van der Waals surface area contributed by atoms with Gasteiger partial charge in [-0.1, -0.05) is 54.4 Å². The van der Waals surface area contributed by atoms with Gasteiger partial charge in [-0.2, -0.15) is 5.10 Å². The third kappa shape index (κ3) is 3.99. The maximum atomic E-state index is 5.63. The van der Waals surface area contributed by atoms with Crippen LogP contribution in [0.3, 0.4) is 0 Å². The summed E-state index contributed by atoms with van der Waals surface area (Å²) in [6.45, 7) is 2.76. The van der Waals surface area contributed by atoms with Gasteiger partial charge in [0.2, 0.25) is 0 Å². The van der Waals surface area contributed by atoms with E-state index in [4.69, 9.17) is 17.3 Å². The van der Waals surface area contributed by atoms with Gasteiger partial charge in [-0.15, -0.1) is 0 Å². The van der Waals surface area contributed by atoms with Crippen molar-refractivity contribution in [2.45, 2.75) is 45.2 Å². The molecule has 0 radical (unpaired) electrons. The molecule has 3 aromatic rings. The highest BCUT2D eigenvalue weighted by Gasteiger charge is 2.39. The Bertz CT molecular complexity index is 1030. The van der Waals surface area contributed by atoms with Crippen molar-refractivity contribution in [3.05, 3.63) is 71.9 Å². The van der Waals surface area contributed by atoms with Crippen LogP contribution in [0.2, 0.25) is 0 Å². The lowest BCUT2D eigenvalue weighted by Gasteiger charge is -2.24. The zero-order valence-corrected chi connectivity index (χ0v) is 18.2. The summed E-state index contributed by atoms with van der Waals surface area (Å²) in [5, 5.41) is 12.7. The normalized spacial score (nSPS) is 22.2. The average Bonchev–Trinajstić information content (AvgIpc) is 3.49. The number of aryl methyl sites for hydroxylation is 1. The van der Waals surface area contributed by atoms with Crippen molar-refractivity contribution in [1.29, 1.82) is 0 Å². The molecule has 2 aliphatic rings. The van der Waals surface area contributed by atoms with E-state index in [0.717, 1.165) is 39.5 Å². The molecule has 2 aromatic carbocycles. The zero-order valence-electron chi connectivity index (χ0n) is 17.3. The van der Waals surface area contributed by atoms with Crippen molar-refractivity contribution in [1.82, 2.24) is 20.4 Å². The predicted molar refractivity (Wildman–Crippen MR) is 126 cm³/mol. The topological polar surface area (TPSA) is 41.9 Å². The Hall–Kier alpha value is -2.66. The maximum Gasteiger partial charge on any atom is 0.166 e. The minimum atomic E-state index is 0.548. The highest BCUT2D eigenvalue weighted by Crippen LogP contribution is 2.44. The SMILES string of the molecule is Cc1ccc(-c2nn(-c3ccccc3)cc2CNC(=S)N[C@H]2C[C@H]3CC[C@@H]2C3)cc1. The Labute approximate surface area is 183 Å². The van der Waals surface area contributed by atoms with E-state index in [0.29, 0.717) is 12.6 Å². The number of thiocarbonyl (C=S) groups is 1. The summed E-state index contributed by atoms with van der Waals surface area (Å²) in [6, 6.07) is 19.3. The Balaban J connectivity index is 1.34. The molecule has 2 N–H and O–H groups in total. The summed E-state index contributed by atoms with van der Waals surface area (Å²) in [4.78, 5) is 0. The lowest BCUT2D eigenvalue weighted by atomic mass is 9.96. The van der Waals surface area contributed by atoms with Crippen LogP contribution in [-0.2, 0) is 6.54 Å². The molecular formula is C25H28N4S. The van der Waals surface area contributed by atoms with Gasteiger partial charge < -0.3 is 10.6 Å². The molecular weight excluding hydrogens is 388 g/mol. The number of rotatable bonds is 5. The van der Waals surface area contributed by atoms with Crippen LogP contribution in [0.4, 0.5) is 0 Å². The largest absolute Gasteiger partial charge is 0.360 e. The van der Waals surface area contributed by atoms with Crippen molar-refractivity contribution in [3.8, 4) is 16.9 Å². The summed E-state index contributed by atoms with van der Waals surface area (Å²) in [7, 11) is 0. The number of hydrogen-bond donors (Lipinski definition) is 2. The first-order valence-electron chi connectivity index (χ1n) is 10.9. The minimum Gasteiger partial charge on any atom is -0.360 e. The Kier molecular flexibility index (Phi) is 5.30. The van der Waals surface area contributed by atoms with Gasteiger partial charge in [0, 0.05) is 29.9 Å². The summed E-state index contributed by atoms with van der Waals surface area (Å²) >= 11 is 5.63. The van der Waals surface area contributed by atoms with Crippen molar-refractivity contribution in [2.75, 3.05) is 0 Å². The highest BCUT2D eigenvalue weighted by molar-refractivity contribution is 7.80. The molecule has 30 heavy (non-hydrogen) atoms. The minimum absolute atomic E-state index is 0.548. The van der Waals surface area contributed by atoms with E-state index in [1.807, 2.05) is 22.9 Å². The highest BCUT2D eigenvalue weighted by atomic mass is 32.1. The van der Waals surface area contributed by atoms with Crippen LogP contribution in [0, 0.1) is 18.8 Å². The Morgan fingerprint density at radius 2 is 1.87 bits per heavy atom. The van der Waals surface area contributed by atoms with E-state index in [2.05, 4.69) is 60.2 Å². The average molecular weight is 417 g/mol. The first-order chi connectivity index (χ1) is 14.7. The van der Waals surface area contributed by atoms with E-state index in [-0.39, 0.29) is 0 Å². The molecule has 2 aliphatic carbocycles. The van der Waals surface area contributed by atoms with Crippen LogP contribution in [-0.4, -0.2) is 20.9 Å². The van der Waals surface area contributed by atoms with Gasteiger partial charge in [0.15, 0.2) is 5.11 Å². The number of fused-ring (bicyclic) bond motifs is 2. The van der Waals surface area contributed by atoms with E-state index < -0.39 is 0 Å². The van der Waals surface area contributed by atoms with Gasteiger partial charge >= 0.3 is 0 Å². The molecule has 2 saturated carbocycles. The predicted octanol–water partition coefficient (Wildman–Crippen LogP) is 5.00. The molecule has 0 spiro atoms. The number of hydrogen-bond acceptors (Lipinski definition) is 2. The molecule has 0 amide bonds. The van der Waals surface area contributed by atoms with E-state index in [1.165, 1.54) is 31.2 Å². The smallest absolute Gasteiger partial charge is 0.166 e. The number of nitrogens with zero attached hydrogens (tertiary/aromatic N) is 2. The van der Waals surface area contributed by atoms with E-state index in [9.17, 15) is 0 Å². The van der Waals surface area contributed by atoms with Crippen molar-refractivity contribution < 1.29 is 0 Å². The van der Waals surface area contributed by atoms with Gasteiger partial charge in [0.1, 0.15) is 0 Å². The van der Waals surface area contributed by atoms with Crippen molar-refractivity contribution in [2.24, 2.45) is 11.8 Å². The molecule has 0 unspecified atom stereocenters. The Morgan fingerprint density at radius 3 is 2.57 bits per heavy atom. The lowest BCUT2D eigenvalue weighted by Crippen LogP contribution is -2.43. The molecule has 5 heteroatoms. The third-order valence-corrected chi connectivity index (χ3v) is 6.89. The van der Waals surface area contributed by atoms with Gasteiger partial charge in [0.05, 0.1) is 11.4 Å². The van der Waals surface area contributed by atoms with Crippen molar-refractivity contribution >= 4 is 17.3 Å². The summed E-state index contributed by atoms with van der Waals surface area (Å²) < 4.78 is 1.96. The Morgan fingerprint density at radius 1 is 1.07 bits per heavy atom. The lowest BCUT2D eigenvalue weighted by molar-refractivity contribution is 0.389. The fourth-order valence-corrected chi connectivity index (χ4v) is 5.25. The third-order valence-electron chi connectivity index (χ3n) is 6.63. The molecule has 1 heterocycles. The molecule has 154 valence electrons. The van der Waals surface area contributed by atoms with Crippen LogP contribution in [0.15, 0.2) is 60.8 Å². The number of para-hydroxylation sites is 1. The van der Waals surface area contributed by atoms with Crippen LogP contribution in [0.5, 0.6) is 0 Å². The molecule has 4 nitrogen and oxygen atoms in total. The number of aromatic nitrogens is 2. The van der Waals surface area contributed by atoms with Crippen LogP contribution in [0.1, 0.15) is 36.8 Å². The van der Waals surface area contributed by atoms with Gasteiger partial charge in [-0.25, -0.2) is 4.68 Å². The summed E-state index contributed by atoms with van der Waals surface area (Å²) in [5.74, 6) is 1.71. The second-order valence-corrected chi connectivity index (χ2v) is 9.17. The molecule has 0 saturated heterocycles. The fraction of sp³-hybridized carbons (Fsp3) is 0.360. The van der Waals surface area contributed by atoms with Crippen LogP contribution >= 0.6 is 12.2 Å². The molecule has 0 aliphatic heterocycles. The van der Waals surface area contributed by atoms with Gasteiger partial charge in [-0.3, -0.25) is 0 Å². The molecule has 2 fully saturated rings. The molecule has 3 atom stereocenters. The summed E-state index contributed by atoms with van der Waals surface area (Å²) in [6.07, 6.45) is 7.51. The first kappa shape index (κ1) is 19.3. The zero-order chi connectivity index (χ0) is 20.5. The first-order valence-corrected chi connectivity index (χ1v) is 11.3. The van der Waals surface area contributed by atoms with Crippen LogP contribution < -0.4 is 10.6 Å². The van der Waals surface area contributed by atoms with Crippen LogP contribution in [0.25, 0.3) is 16.9 Å². The molecule has 2 bridgehead atoms. The second-order valence-electron chi connectivity index (χ2n) is 8.76. The molecule has 5 rings (SSSR count). The van der Waals surface area contributed by atoms with Crippen molar-refractivity contribution in [3.63, 3.8) is 0 Å². The number of nitrogens with one attached hydrogen (secondary N) is 2. The second kappa shape index (κ2) is 8.23. The quantitative estimate of drug-likeness (QED) is 0.575. The summed E-state index contributed by atoms with van der Waals surface area (Å²) in [5.41, 5.74) is 5.56. The fourth-order valence-electron chi connectivity index (χ4n) is 5.02. The monoisotopic (exact) mass is 416 g/mol.